The highest BCUT2D eigenvalue weighted by molar-refractivity contribution is 6.11. The molecule has 1 unspecified atom stereocenters. The Morgan fingerprint density at radius 2 is 2.03 bits per heavy atom. The molecule has 3 heterocycles. The summed E-state index contributed by atoms with van der Waals surface area (Å²) in [5.41, 5.74) is 4.60. The molecule has 29 heavy (non-hydrogen) atoms. The molecule has 1 aromatic rings. The molecule has 0 bridgehead atoms. The molecule has 1 fully saturated rings. The van der Waals surface area contributed by atoms with Gasteiger partial charge in [0.25, 0.3) is 0 Å². The minimum absolute atomic E-state index is 0.173. The molecule has 0 spiro atoms. The zero-order chi connectivity index (χ0) is 21.1. The van der Waals surface area contributed by atoms with Gasteiger partial charge >= 0.3 is 6.18 Å². The number of aromatic nitrogens is 1. The Balaban J connectivity index is 1.65. The van der Waals surface area contributed by atoms with E-state index in [9.17, 15) is 33.6 Å². The summed E-state index contributed by atoms with van der Waals surface area (Å²) < 4.78 is 38.5. The van der Waals surface area contributed by atoms with Gasteiger partial charge in [-0.1, -0.05) is 5.92 Å². The highest BCUT2D eigenvalue weighted by Crippen LogP contribution is 2.42. The molecule has 12 heteroatoms. The van der Waals surface area contributed by atoms with Crippen LogP contribution in [-0.2, 0) is 0 Å². The summed E-state index contributed by atoms with van der Waals surface area (Å²) in [7, 11) is 0. The summed E-state index contributed by atoms with van der Waals surface area (Å²) in [6.07, 6.45) is -8.18. The van der Waals surface area contributed by atoms with Crippen molar-refractivity contribution >= 4 is 18.0 Å². The van der Waals surface area contributed by atoms with Crippen molar-refractivity contribution in [1.29, 1.82) is 0 Å². The maximum absolute atomic E-state index is 12.3. The molecule has 1 aromatic heterocycles. The number of aliphatic hydroxyl groups excluding tert-OH is 4. The van der Waals surface area contributed by atoms with Gasteiger partial charge in [-0.2, -0.15) is 13.2 Å². The van der Waals surface area contributed by atoms with Crippen LogP contribution in [0.2, 0.25) is 0 Å². The summed E-state index contributed by atoms with van der Waals surface area (Å²) in [6.45, 7) is 0.173. The molecule has 2 aliphatic heterocycles. The maximum Gasteiger partial charge on any atom is 0.457 e. The third-order valence-electron chi connectivity index (χ3n) is 5.45. The van der Waals surface area contributed by atoms with E-state index in [1.54, 1.807) is 18.2 Å². The van der Waals surface area contributed by atoms with E-state index in [-0.39, 0.29) is 13.0 Å². The zero-order valence-electron chi connectivity index (χ0n) is 14.8. The summed E-state index contributed by atoms with van der Waals surface area (Å²) >= 11 is 0. The lowest BCUT2D eigenvalue weighted by molar-refractivity contribution is -0.0705. The topological polar surface area (TPSA) is 140 Å². The normalized spacial score (nSPS) is 34.3. The number of halogens is 3. The van der Waals surface area contributed by atoms with Crippen LogP contribution >= 0.6 is 0 Å². The standard InChI is InChI=1S/C17H18F3N5O4/c18-17(19,20)3-1-10(26)16(21)5-9(12(28)13(16)29)24-4-2-8-14-22-6-11(27)25(14)7-23-15(8)24/h2,4,7,9-13,26-29H,5-6,21H2/t9-,10-,11?,12+,13+,16+/m1/s1. The molecule has 1 saturated carbocycles. The molecular formula is C17H18F3N5O4. The zero-order valence-corrected chi connectivity index (χ0v) is 14.8. The molecule has 3 aliphatic rings. The Hall–Kier alpha value is -2.43. The van der Waals surface area contributed by atoms with Crippen LogP contribution in [0.4, 0.5) is 19.0 Å². The number of alkyl halides is 3. The monoisotopic (exact) mass is 413 g/mol. The van der Waals surface area contributed by atoms with Crippen molar-refractivity contribution < 1.29 is 33.6 Å². The van der Waals surface area contributed by atoms with E-state index >= 15 is 0 Å². The minimum atomic E-state index is -4.83. The van der Waals surface area contributed by atoms with Crippen molar-refractivity contribution in [1.82, 2.24) is 9.47 Å². The molecule has 0 radical (unpaired) electrons. The van der Waals surface area contributed by atoms with Gasteiger partial charge in [0.15, 0.2) is 6.23 Å². The molecule has 1 aliphatic carbocycles. The molecular weight excluding hydrogens is 395 g/mol. The highest BCUT2D eigenvalue weighted by atomic mass is 19.4. The molecule has 0 saturated heterocycles. The van der Waals surface area contributed by atoms with Crippen molar-refractivity contribution in [2.24, 2.45) is 15.7 Å². The second kappa shape index (κ2) is 6.54. The van der Waals surface area contributed by atoms with Crippen molar-refractivity contribution in [3.05, 3.63) is 17.8 Å². The molecule has 6 N–H and O–H groups in total. The van der Waals surface area contributed by atoms with Gasteiger partial charge in [0.1, 0.15) is 36.3 Å². The maximum atomic E-state index is 12.3. The number of hydrogen-bond donors (Lipinski definition) is 5. The summed E-state index contributed by atoms with van der Waals surface area (Å²) in [5.74, 6) is 3.42. The molecule has 0 aromatic carbocycles. The summed E-state index contributed by atoms with van der Waals surface area (Å²) in [5, 5.41) is 40.9. The fraction of sp³-hybridized carbons (Fsp3) is 0.529. The highest BCUT2D eigenvalue weighted by Gasteiger charge is 2.55. The van der Waals surface area contributed by atoms with Gasteiger partial charge in [0, 0.05) is 12.1 Å². The van der Waals surface area contributed by atoms with Gasteiger partial charge in [-0.05, 0) is 12.5 Å². The lowest BCUT2D eigenvalue weighted by atomic mass is 9.89. The van der Waals surface area contributed by atoms with Crippen LogP contribution in [-0.4, -0.2) is 84.9 Å². The molecule has 9 nitrogen and oxygen atoms in total. The number of hydrogen-bond acceptors (Lipinski definition) is 8. The largest absolute Gasteiger partial charge is 0.457 e. The number of aliphatic hydroxyl groups is 4. The Morgan fingerprint density at radius 3 is 2.72 bits per heavy atom. The van der Waals surface area contributed by atoms with Gasteiger partial charge in [0.05, 0.1) is 23.7 Å². The molecule has 156 valence electrons. The van der Waals surface area contributed by atoms with Gasteiger partial charge in [-0.15, -0.1) is 0 Å². The molecule has 0 amide bonds. The molecule has 4 rings (SSSR count). The van der Waals surface area contributed by atoms with E-state index in [2.05, 4.69) is 9.98 Å². The van der Waals surface area contributed by atoms with E-state index < -0.39 is 42.3 Å². The van der Waals surface area contributed by atoms with Crippen molar-refractivity contribution in [2.75, 3.05) is 6.54 Å². The van der Waals surface area contributed by atoms with Gasteiger partial charge in [-0.25, -0.2) is 4.99 Å². The van der Waals surface area contributed by atoms with Crippen molar-refractivity contribution in [3.8, 4) is 11.8 Å². The van der Waals surface area contributed by atoms with Crippen LogP contribution in [0.15, 0.2) is 22.2 Å². The SMILES string of the molecule is N[C@]1([C@H](O)C#CC(F)(F)F)C[C@@H](n2ccc3c2N=CN2C3=NCC2O)[C@H](O)[C@@H]1O. The number of rotatable bonds is 2. The fourth-order valence-electron chi connectivity index (χ4n) is 3.92. The van der Waals surface area contributed by atoms with Gasteiger partial charge < -0.3 is 30.7 Å². The number of nitrogens with two attached hydrogens (primary N) is 1. The second-order valence-electron chi connectivity index (χ2n) is 7.25. The summed E-state index contributed by atoms with van der Waals surface area (Å²) in [4.78, 5) is 9.99. The van der Waals surface area contributed by atoms with Gasteiger partial charge in [0.2, 0.25) is 0 Å². The third kappa shape index (κ3) is 3.11. The number of aliphatic imine (C=N–C) groups is 2. The van der Waals surface area contributed by atoms with Gasteiger partial charge in [-0.3, -0.25) is 9.89 Å². The van der Waals surface area contributed by atoms with Crippen LogP contribution in [0.3, 0.4) is 0 Å². The number of nitrogens with zero attached hydrogens (tertiary/aromatic N) is 4. The van der Waals surface area contributed by atoms with Crippen LogP contribution in [0.25, 0.3) is 0 Å². The van der Waals surface area contributed by atoms with Crippen LogP contribution in [0.5, 0.6) is 0 Å². The Kier molecular flexibility index (Phi) is 4.48. The quantitative estimate of drug-likeness (QED) is 0.387. The fourth-order valence-corrected chi connectivity index (χ4v) is 3.92. The average Bonchev–Trinajstić information content (AvgIpc) is 3.31. The average molecular weight is 413 g/mol. The van der Waals surface area contributed by atoms with Crippen LogP contribution in [0, 0.1) is 11.8 Å². The second-order valence-corrected chi connectivity index (χ2v) is 7.25. The lowest BCUT2D eigenvalue weighted by Gasteiger charge is -2.30. The number of amidine groups is 1. The van der Waals surface area contributed by atoms with E-state index in [1.807, 2.05) is 0 Å². The van der Waals surface area contributed by atoms with E-state index in [0.29, 0.717) is 17.2 Å². The van der Waals surface area contributed by atoms with E-state index in [0.717, 1.165) is 5.92 Å². The first kappa shape index (κ1) is 19.9. The van der Waals surface area contributed by atoms with Crippen molar-refractivity contribution in [2.45, 2.75) is 48.7 Å². The predicted molar refractivity (Wildman–Crippen MR) is 94.3 cm³/mol. The minimum Gasteiger partial charge on any atom is -0.388 e. The number of fused-ring (bicyclic) bond motifs is 3. The van der Waals surface area contributed by atoms with E-state index in [4.69, 9.17) is 5.73 Å². The Morgan fingerprint density at radius 1 is 1.31 bits per heavy atom. The van der Waals surface area contributed by atoms with Crippen LogP contribution < -0.4 is 5.73 Å². The van der Waals surface area contributed by atoms with E-state index in [1.165, 1.54) is 15.8 Å². The third-order valence-corrected chi connectivity index (χ3v) is 5.45. The Bertz CT molecular complexity index is 949. The lowest BCUT2D eigenvalue weighted by Crippen LogP contribution is -2.58. The van der Waals surface area contributed by atoms with Crippen molar-refractivity contribution in [3.63, 3.8) is 0 Å². The predicted octanol–water partition coefficient (Wildman–Crippen LogP) is -1.17. The molecule has 6 atom stereocenters. The summed E-state index contributed by atoms with van der Waals surface area (Å²) in [6, 6.07) is 0.780. The first-order chi connectivity index (χ1) is 13.5. The Labute approximate surface area is 162 Å². The first-order valence-corrected chi connectivity index (χ1v) is 8.71. The smallest absolute Gasteiger partial charge is 0.388 e. The first-order valence-electron chi connectivity index (χ1n) is 8.71. The van der Waals surface area contributed by atoms with Crippen LogP contribution in [0.1, 0.15) is 18.0 Å².